The van der Waals surface area contributed by atoms with Crippen molar-refractivity contribution in [2.75, 3.05) is 6.61 Å². The molecule has 294 valence electrons. The van der Waals surface area contributed by atoms with Gasteiger partial charge in [0.2, 0.25) is 8.32 Å². The van der Waals surface area contributed by atoms with E-state index >= 15 is 0 Å². The van der Waals surface area contributed by atoms with Crippen molar-refractivity contribution in [3.8, 4) is 0 Å². The third-order valence-electron chi connectivity index (χ3n) is 14.6. The van der Waals surface area contributed by atoms with Gasteiger partial charge in [-0.1, -0.05) is 75.3 Å². The molecule has 0 bridgehead atoms. The lowest BCUT2D eigenvalue weighted by Crippen LogP contribution is -2.66. The smallest absolute Gasteiger partial charge is 0.200 e. The van der Waals surface area contributed by atoms with Gasteiger partial charge in [0.1, 0.15) is 11.7 Å². The van der Waals surface area contributed by atoms with Gasteiger partial charge in [0.15, 0.2) is 5.79 Å². The average Bonchev–Trinajstić information content (AvgIpc) is 3.50. The summed E-state index contributed by atoms with van der Waals surface area (Å²) in [6, 6.07) is 0. The number of aliphatic hydroxyl groups excluding tert-OH is 2. The zero-order chi connectivity index (χ0) is 37.2. The van der Waals surface area contributed by atoms with Crippen LogP contribution in [0.5, 0.6) is 0 Å². The largest absolute Gasteiger partial charge is 0.410 e. The van der Waals surface area contributed by atoms with Crippen LogP contribution >= 0.6 is 0 Å². The Hall–Kier alpha value is -0.403. The number of rotatable bonds is 8. The molecular formula is C41H72O9Si. The molecule has 1 spiro atoms. The Kier molecular flexibility index (Phi) is 12.1. The Morgan fingerprint density at radius 2 is 1.39 bits per heavy atom. The van der Waals surface area contributed by atoms with Crippen LogP contribution in [0, 0.1) is 23.7 Å². The van der Waals surface area contributed by atoms with Crippen LogP contribution in [0.25, 0.3) is 0 Å². The van der Waals surface area contributed by atoms with E-state index in [1.807, 2.05) is 0 Å². The van der Waals surface area contributed by atoms with Crippen molar-refractivity contribution >= 4 is 8.32 Å². The van der Waals surface area contributed by atoms with Crippen molar-refractivity contribution in [3.63, 3.8) is 0 Å². The van der Waals surface area contributed by atoms with E-state index in [-0.39, 0.29) is 66.6 Å². The molecule has 6 rings (SSSR count). The van der Waals surface area contributed by atoms with Crippen molar-refractivity contribution in [2.24, 2.45) is 23.7 Å². The summed E-state index contributed by atoms with van der Waals surface area (Å²) >= 11 is 0. The van der Waals surface area contributed by atoms with Gasteiger partial charge in [0.05, 0.1) is 67.6 Å². The van der Waals surface area contributed by atoms with Crippen molar-refractivity contribution in [3.05, 3.63) is 12.7 Å². The van der Waals surface area contributed by atoms with Gasteiger partial charge in [-0.3, -0.25) is 0 Å². The van der Waals surface area contributed by atoms with Crippen molar-refractivity contribution in [1.82, 2.24) is 0 Å². The average molecular weight is 737 g/mol. The Balaban J connectivity index is 1.28. The van der Waals surface area contributed by atoms with Crippen LogP contribution in [0.3, 0.4) is 0 Å². The maximum absolute atomic E-state index is 11.9. The number of hydrogen-bond acceptors (Lipinski definition) is 9. The van der Waals surface area contributed by atoms with E-state index in [4.69, 9.17) is 32.8 Å². The lowest BCUT2D eigenvalue weighted by molar-refractivity contribution is -0.339. The summed E-state index contributed by atoms with van der Waals surface area (Å²) in [5, 5.41) is 23.6. The second-order valence-electron chi connectivity index (χ2n) is 18.7. The van der Waals surface area contributed by atoms with Gasteiger partial charge >= 0.3 is 0 Å². The van der Waals surface area contributed by atoms with E-state index in [0.717, 1.165) is 25.7 Å². The second-order valence-corrected chi connectivity index (χ2v) is 24.1. The van der Waals surface area contributed by atoms with Gasteiger partial charge in [-0.15, -0.1) is 6.58 Å². The third-order valence-corrected chi connectivity index (χ3v) is 20.7. The van der Waals surface area contributed by atoms with E-state index < -0.39 is 38.0 Å². The zero-order valence-corrected chi connectivity index (χ0v) is 34.6. The van der Waals surface area contributed by atoms with Gasteiger partial charge in [-0.25, -0.2) is 0 Å². The summed E-state index contributed by atoms with van der Waals surface area (Å²) in [5.41, 5.74) is 0.265. The lowest BCUT2D eigenvalue weighted by atomic mass is 9.76. The Bertz CT molecular complexity index is 1170. The molecular weight excluding hydrogens is 665 g/mol. The summed E-state index contributed by atoms with van der Waals surface area (Å²) in [7, 11) is -2.35. The molecule has 6 saturated heterocycles. The fourth-order valence-corrected chi connectivity index (χ4v) is 17.2. The summed E-state index contributed by atoms with van der Waals surface area (Å²) in [5.74, 6) is -0.260. The quantitative estimate of drug-likeness (QED) is 0.196. The standard InChI is InChI=1S/C41H72O9Si/c1-13-15-34(42)40(12)35(50-51(22(2)3,23(4)5)24(6)7)21-31-32(48-40)19-25(8)18-29-30(45-31)20-33-37(46-29)27(10)36(43)39-38(47-33)26(9)28(11)41(49-39)16-14-17-44-41/h13,22-39,42-43H,1,14-21H2,2-12H3/t25-,26+,27+,28+,29+,30-,31+,32-,33+,34-,35-,36+,37-,38-,39+,40+,41-/m1/s1. The topological polar surface area (TPSA) is 105 Å². The lowest BCUT2D eigenvalue weighted by Gasteiger charge is -2.56. The highest BCUT2D eigenvalue weighted by atomic mass is 28.4. The molecule has 51 heavy (non-hydrogen) atoms. The zero-order valence-electron chi connectivity index (χ0n) is 33.6. The van der Waals surface area contributed by atoms with Crippen LogP contribution in [-0.2, 0) is 32.8 Å². The molecule has 0 aromatic rings. The molecule has 0 unspecified atom stereocenters. The monoisotopic (exact) mass is 736 g/mol. The summed E-state index contributed by atoms with van der Waals surface area (Å²) in [6.45, 7) is 29.3. The van der Waals surface area contributed by atoms with E-state index in [9.17, 15) is 10.2 Å². The molecule has 6 aliphatic heterocycles. The fourth-order valence-electron chi connectivity index (χ4n) is 11.5. The molecule has 10 heteroatoms. The molecule has 17 atom stereocenters. The van der Waals surface area contributed by atoms with Crippen LogP contribution in [0.1, 0.15) is 121 Å². The highest BCUT2D eigenvalue weighted by molar-refractivity contribution is 6.77. The van der Waals surface area contributed by atoms with Crippen molar-refractivity contribution < 1.29 is 43.1 Å². The van der Waals surface area contributed by atoms with Gasteiger partial charge in [0, 0.05) is 31.1 Å². The first-order chi connectivity index (χ1) is 24.0. The molecule has 0 amide bonds. The molecule has 0 aromatic heterocycles. The Morgan fingerprint density at radius 3 is 2.00 bits per heavy atom. The molecule has 6 fully saturated rings. The Morgan fingerprint density at radius 1 is 0.784 bits per heavy atom. The highest BCUT2D eigenvalue weighted by Crippen LogP contribution is 2.52. The van der Waals surface area contributed by atoms with E-state index in [1.165, 1.54) is 0 Å². The SMILES string of the molecule is C=CC[C@@H](O)[C@]1(C)O[C@@H]2C[C@H](C)C[C@@H]3O[C@@H]4[C@@H](C)[C@H](O)[C@@H]5O[C@]6(CCCO6)[C@@H](C)[C@H](C)[C@H]5O[C@H]4C[C@H]3O[C@H]2C[C@H]1O[Si](C(C)C)(C(C)C)C(C)C. The molecule has 0 aromatic carbocycles. The minimum absolute atomic E-state index is 0.128. The summed E-state index contributed by atoms with van der Waals surface area (Å²) in [6.07, 6.45) is 3.18. The fraction of sp³-hybridized carbons (Fsp3) is 0.951. The van der Waals surface area contributed by atoms with E-state index in [1.54, 1.807) is 6.08 Å². The molecule has 9 nitrogen and oxygen atoms in total. The van der Waals surface area contributed by atoms with Gasteiger partial charge in [0.25, 0.3) is 0 Å². The first kappa shape index (κ1) is 40.3. The van der Waals surface area contributed by atoms with Crippen LogP contribution in [-0.4, -0.2) is 104 Å². The maximum atomic E-state index is 11.9. The second kappa shape index (κ2) is 15.3. The summed E-state index contributed by atoms with van der Waals surface area (Å²) < 4.78 is 48.9. The predicted molar refractivity (Wildman–Crippen MR) is 200 cm³/mol. The molecule has 2 N–H and O–H groups in total. The van der Waals surface area contributed by atoms with Crippen LogP contribution < -0.4 is 0 Å². The first-order valence-electron chi connectivity index (χ1n) is 20.6. The molecule has 0 radical (unpaired) electrons. The van der Waals surface area contributed by atoms with Crippen molar-refractivity contribution in [1.29, 1.82) is 0 Å². The van der Waals surface area contributed by atoms with Crippen LogP contribution in [0.15, 0.2) is 12.7 Å². The predicted octanol–water partition coefficient (Wildman–Crippen LogP) is 7.32. The molecule has 0 aliphatic carbocycles. The molecule has 6 heterocycles. The number of aliphatic hydroxyl groups is 2. The minimum Gasteiger partial charge on any atom is -0.410 e. The van der Waals surface area contributed by atoms with E-state index in [0.29, 0.717) is 48.4 Å². The number of ether oxygens (including phenoxy) is 6. The molecule has 6 aliphatic rings. The van der Waals surface area contributed by atoms with E-state index in [2.05, 4.69) is 82.7 Å². The summed E-state index contributed by atoms with van der Waals surface area (Å²) in [4.78, 5) is 0. The first-order valence-corrected chi connectivity index (χ1v) is 22.7. The number of hydrogen-bond donors (Lipinski definition) is 2. The molecule has 0 saturated carbocycles. The highest BCUT2D eigenvalue weighted by Gasteiger charge is 2.61. The minimum atomic E-state index is -2.35. The van der Waals surface area contributed by atoms with Crippen LogP contribution in [0.2, 0.25) is 16.6 Å². The van der Waals surface area contributed by atoms with Gasteiger partial charge in [-0.2, -0.15) is 0 Å². The van der Waals surface area contributed by atoms with Crippen LogP contribution in [0.4, 0.5) is 0 Å². The Labute approximate surface area is 309 Å². The van der Waals surface area contributed by atoms with Gasteiger partial charge in [-0.05, 0) is 61.1 Å². The maximum Gasteiger partial charge on any atom is 0.200 e. The number of fused-ring (bicyclic) bond motifs is 4. The van der Waals surface area contributed by atoms with Crippen molar-refractivity contribution in [2.45, 2.75) is 216 Å². The third kappa shape index (κ3) is 7.01. The normalized spacial score (nSPS) is 48.3. The van der Waals surface area contributed by atoms with Gasteiger partial charge < -0.3 is 43.1 Å².